The number of ether oxygens (including phenoxy) is 2. The predicted octanol–water partition coefficient (Wildman–Crippen LogP) is 1.62. The monoisotopic (exact) mass is 577 g/mol. The minimum absolute atomic E-state index is 0.0942. The number of benzene rings is 1. The first kappa shape index (κ1) is 22.9. The zero-order valence-corrected chi connectivity index (χ0v) is 21.1. The van der Waals surface area contributed by atoms with Gasteiger partial charge in [-0.2, -0.15) is 0 Å². The van der Waals surface area contributed by atoms with Crippen molar-refractivity contribution in [3.8, 4) is 22.8 Å². The van der Waals surface area contributed by atoms with Crippen LogP contribution in [0, 0.1) is 5.82 Å². The molecule has 2 aromatic heterocycles. The van der Waals surface area contributed by atoms with Gasteiger partial charge in [-0.1, -0.05) is 0 Å². The fraction of sp³-hybridized carbons (Fsp3) is 0.360. The number of para-hydroxylation sites is 1. The van der Waals surface area contributed by atoms with Crippen molar-refractivity contribution in [2.24, 2.45) is 0 Å². The van der Waals surface area contributed by atoms with Gasteiger partial charge < -0.3 is 0 Å². The summed E-state index contributed by atoms with van der Waals surface area (Å²) in [6.45, 7) is 0.609. The average molecular weight is 577 g/mol. The summed E-state index contributed by atoms with van der Waals surface area (Å²) >= 11 is -0.159. The Morgan fingerprint density at radius 1 is 1.24 bits per heavy atom. The topological polar surface area (TPSA) is 88.3 Å². The molecule has 9 heteroatoms. The maximum absolute atomic E-state index is 14.4. The molecule has 3 aromatic rings. The Morgan fingerprint density at radius 3 is 3.00 bits per heavy atom. The zero-order valence-electron chi connectivity index (χ0n) is 18.9. The number of nitrogens with zero attached hydrogens (tertiary/aromatic N) is 1. The standard InChI is InChI=1S/C25H27FIN4O3/c1-33-24-16(26)7-6-8-17(24)29-23-21-18-13-20(31-25(21)32)27-10-4-2-3-5-12-34-19-14-28-11-9-15(19)22(23)30-18/h6-9,11,14,20,29-30H,2-5,10,12-13H2,1H3,(H,31,32)/q-1. The van der Waals surface area contributed by atoms with Gasteiger partial charge >= 0.3 is 209 Å². The summed E-state index contributed by atoms with van der Waals surface area (Å²) in [5.41, 5.74) is 3.99. The molecule has 1 amide bonds. The van der Waals surface area contributed by atoms with Gasteiger partial charge in [-0.25, -0.2) is 0 Å². The van der Waals surface area contributed by atoms with Crippen LogP contribution in [0.5, 0.6) is 11.5 Å². The van der Waals surface area contributed by atoms with E-state index in [1.807, 2.05) is 6.07 Å². The molecule has 4 heterocycles. The number of hydrogen-bond acceptors (Lipinski definition) is 5. The van der Waals surface area contributed by atoms with E-state index < -0.39 is 5.82 Å². The van der Waals surface area contributed by atoms with Crippen LogP contribution in [0.3, 0.4) is 0 Å². The number of methoxy groups -OCH3 is 1. The minimum atomic E-state index is -0.477. The number of carbonyl (C=O) groups excluding carboxylic acids is 1. The van der Waals surface area contributed by atoms with Gasteiger partial charge in [-0.15, -0.1) is 0 Å². The number of hydrogen-bond donors (Lipinski definition) is 3. The third-order valence-corrected chi connectivity index (χ3v) is 9.24. The summed E-state index contributed by atoms with van der Waals surface area (Å²) in [5.74, 6) is 0.149. The molecule has 1 unspecified atom stereocenters. The molecule has 0 saturated carbocycles. The van der Waals surface area contributed by atoms with Gasteiger partial charge in [0, 0.05) is 0 Å². The van der Waals surface area contributed by atoms with Crippen molar-refractivity contribution in [1.29, 1.82) is 0 Å². The quantitative estimate of drug-likeness (QED) is 0.250. The van der Waals surface area contributed by atoms with Crippen LogP contribution in [0.1, 0.15) is 41.7 Å². The van der Waals surface area contributed by atoms with Gasteiger partial charge in [0.1, 0.15) is 0 Å². The molecule has 0 saturated heterocycles. The van der Waals surface area contributed by atoms with E-state index in [1.54, 1.807) is 24.5 Å². The van der Waals surface area contributed by atoms with Crippen molar-refractivity contribution in [2.45, 2.75) is 36.2 Å². The number of nitrogens with one attached hydrogen (secondary N) is 3. The SMILES string of the molecule is COc1c(F)cccc1Nc1c2[nH]c3c1C(=O)NC(C3)[I-]CCCCCCOc1cnccc1-2. The van der Waals surface area contributed by atoms with E-state index in [-0.39, 0.29) is 36.9 Å². The first-order valence-electron chi connectivity index (χ1n) is 11.5. The van der Waals surface area contributed by atoms with Crippen LogP contribution in [-0.2, 0) is 6.42 Å². The number of fused-ring (bicyclic) bond motifs is 4. The second-order valence-corrected chi connectivity index (χ2v) is 11.8. The zero-order chi connectivity index (χ0) is 23.5. The van der Waals surface area contributed by atoms with E-state index in [4.69, 9.17) is 9.47 Å². The van der Waals surface area contributed by atoms with E-state index in [1.165, 1.54) is 30.4 Å². The number of anilines is 2. The molecule has 1 atom stereocenters. The third kappa shape index (κ3) is 4.57. The Labute approximate surface area is 208 Å². The Morgan fingerprint density at radius 2 is 2.12 bits per heavy atom. The van der Waals surface area contributed by atoms with E-state index in [9.17, 15) is 9.18 Å². The number of carbonyl (C=O) groups is 1. The van der Waals surface area contributed by atoms with Crippen molar-refractivity contribution in [3.63, 3.8) is 0 Å². The molecular weight excluding hydrogens is 550 g/mol. The Bertz CT molecular complexity index is 1200. The third-order valence-electron chi connectivity index (χ3n) is 6.04. The normalized spacial score (nSPS) is 18.4. The van der Waals surface area contributed by atoms with Crippen molar-refractivity contribution in [1.82, 2.24) is 15.3 Å². The van der Waals surface area contributed by atoms with Gasteiger partial charge in [-0.3, -0.25) is 0 Å². The Hall–Kier alpha value is -2.82. The van der Waals surface area contributed by atoms with Crippen LogP contribution in [0.4, 0.5) is 15.8 Å². The Balaban J connectivity index is 1.65. The first-order chi connectivity index (χ1) is 16.7. The maximum atomic E-state index is 14.4. The van der Waals surface area contributed by atoms with Crippen molar-refractivity contribution >= 4 is 17.3 Å². The molecule has 0 spiro atoms. The molecule has 7 nitrogen and oxygen atoms in total. The van der Waals surface area contributed by atoms with Crippen LogP contribution in [0.2, 0.25) is 0 Å². The van der Waals surface area contributed by atoms with E-state index in [2.05, 4.69) is 20.6 Å². The predicted molar refractivity (Wildman–Crippen MR) is 124 cm³/mol. The molecule has 34 heavy (non-hydrogen) atoms. The number of H-pyrrole nitrogens is 1. The molecule has 1 aromatic carbocycles. The summed E-state index contributed by atoms with van der Waals surface area (Å²) < 4.78 is 27.2. The molecule has 3 bridgehead atoms. The molecule has 2 aliphatic heterocycles. The number of amides is 1. The number of rotatable bonds is 3. The molecule has 180 valence electrons. The van der Waals surface area contributed by atoms with Crippen LogP contribution >= 0.6 is 0 Å². The van der Waals surface area contributed by atoms with Crippen LogP contribution < -0.4 is 41.3 Å². The van der Waals surface area contributed by atoms with Crippen molar-refractivity contribution in [3.05, 3.63) is 53.7 Å². The molecule has 5 rings (SSSR count). The molecule has 0 radical (unpaired) electrons. The summed E-state index contributed by atoms with van der Waals surface area (Å²) in [5, 5.41) is 6.52. The summed E-state index contributed by atoms with van der Waals surface area (Å²) in [6, 6.07) is 6.56. The Kier molecular flexibility index (Phi) is 6.89. The second kappa shape index (κ2) is 10.2. The van der Waals surface area contributed by atoms with Gasteiger partial charge in [0.25, 0.3) is 0 Å². The number of aromatic nitrogens is 2. The summed E-state index contributed by atoms with van der Waals surface area (Å²) in [6.07, 6.45) is 8.64. The number of halogens is 2. The van der Waals surface area contributed by atoms with Gasteiger partial charge in [0.05, 0.1) is 0 Å². The number of alkyl halides is 2. The fourth-order valence-corrected chi connectivity index (χ4v) is 7.40. The van der Waals surface area contributed by atoms with Gasteiger partial charge in [0.15, 0.2) is 0 Å². The average Bonchev–Trinajstić information content (AvgIpc) is 3.19. The number of aromatic amines is 1. The van der Waals surface area contributed by atoms with E-state index in [0.29, 0.717) is 29.3 Å². The summed E-state index contributed by atoms with van der Waals surface area (Å²) in [7, 11) is 1.43. The molecule has 2 aliphatic rings. The second-order valence-electron chi connectivity index (χ2n) is 8.30. The molecule has 0 fully saturated rings. The van der Waals surface area contributed by atoms with Crippen molar-refractivity contribution < 1.29 is 39.9 Å². The molecular formula is C25H27FIN4O3-. The van der Waals surface area contributed by atoms with Crippen LogP contribution in [0.15, 0.2) is 36.7 Å². The fourth-order valence-electron chi connectivity index (χ4n) is 4.41. The van der Waals surface area contributed by atoms with Crippen LogP contribution in [0.25, 0.3) is 11.3 Å². The van der Waals surface area contributed by atoms with Crippen molar-refractivity contribution in [2.75, 3.05) is 23.5 Å². The first-order valence-corrected chi connectivity index (χ1v) is 14.2. The van der Waals surface area contributed by atoms with E-state index in [0.717, 1.165) is 36.2 Å². The van der Waals surface area contributed by atoms with E-state index >= 15 is 0 Å². The number of pyridine rings is 1. The van der Waals surface area contributed by atoms with Crippen LogP contribution in [-0.4, -0.2) is 38.1 Å². The van der Waals surface area contributed by atoms with Gasteiger partial charge in [-0.05, 0) is 0 Å². The summed E-state index contributed by atoms with van der Waals surface area (Å²) in [4.78, 5) is 21.1. The molecule has 3 N–H and O–H groups in total. The van der Waals surface area contributed by atoms with Gasteiger partial charge in [0.2, 0.25) is 0 Å². The molecule has 0 aliphatic carbocycles.